The zero-order chi connectivity index (χ0) is 15.7. The first kappa shape index (κ1) is 17.1. The quantitative estimate of drug-likeness (QED) is 0.547. The van der Waals surface area contributed by atoms with Crippen LogP contribution < -0.4 is 0 Å². The minimum absolute atomic E-state index is 0.0190. The van der Waals surface area contributed by atoms with Gasteiger partial charge in [0.1, 0.15) is 0 Å². The van der Waals surface area contributed by atoms with Gasteiger partial charge in [0.2, 0.25) is 0 Å². The summed E-state index contributed by atoms with van der Waals surface area (Å²) in [6.45, 7) is 2.99. The summed E-state index contributed by atoms with van der Waals surface area (Å²) < 4.78 is 22.8. The Morgan fingerprint density at radius 1 is 1.05 bits per heavy atom. The van der Waals surface area contributed by atoms with E-state index >= 15 is 0 Å². The van der Waals surface area contributed by atoms with E-state index < -0.39 is 24.0 Å². The third-order valence-electron chi connectivity index (χ3n) is 3.20. The van der Waals surface area contributed by atoms with Crippen molar-refractivity contribution in [2.45, 2.75) is 32.1 Å². The molecule has 1 aromatic carbocycles. The van der Waals surface area contributed by atoms with Gasteiger partial charge in [0.15, 0.2) is 5.41 Å². The van der Waals surface area contributed by atoms with Crippen molar-refractivity contribution in [1.29, 1.82) is 0 Å². The molecule has 21 heavy (non-hydrogen) atoms. The van der Waals surface area contributed by atoms with Crippen LogP contribution in [0.3, 0.4) is 0 Å². The second kappa shape index (κ2) is 8.39. The van der Waals surface area contributed by atoms with Crippen molar-refractivity contribution in [3.8, 4) is 0 Å². The van der Waals surface area contributed by atoms with Crippen LogP contribution in [0.1, 0.15) is 32.3 Å². The molecule has 0 saturated carbocycles. The van der Waals surface area contributed by atoms with Gasteiger partial charge in [-0.25, -0.2) is 0 Å². The molecule has 0 bridgehead atoms. The van der Waals surface area contributed by atoms with Gasteiger partial charge in [0.25, 0.3) is 0 Å². The van der Waals surface area contributed by atoms with Gasteiger partial charge in [-0.2, -0.15) is 0 Å². The van der Waals surface area contributed by atoms with Crippen molar-refractivity contribution < 1.29 is 23.5 Å². The predicted molar refractivity (Wildman–Crippen MR) is 76.6 cm³/mol. The van der Waals surface area contributed by atoms with E-state index in [1.807, 2.05) is 0 Å². The summed E-state index contributed by atoms with van der Waals surface area (Å²) >= 11 is 0. The molecule has 0 saturated heterocycles. The Bertz CT molecular complexity index is 441. The molecule has 0 fully saturated rings. The van der Waals surface area contributed by atoms with Crippen molar-refractivity contribution in [1.82, 2.24) is 0 Å². The zero-order valence-electron chi connectivity index (χ0n) is 12.4. The number of hydrogen-bond acceptors (Lipinski definition) is 4. The number of hydrogen-bond donors (Lipinski definition) is 0. The topological polar surface area (TPSA) is 52.6 Å². The van der Waals surface area contributed by atoms with Crippen LogP contribution in [-0.4, -0.2) is 31.8 Å². The Morgan fingerprint density at radius 3 is 2.00 bits per heavy atom. The minimum Gasteiger partial charge on any atom is -0.465 e. The van der Waals surface area contributed by atoms with Crippen molar-refractivity contribution in [3.63, 3.8) is 0 Å². The third kappa shape index (κ3) is 3.80. The fourth-order valence-electron chi connectivity index (χ4n) is 2.23. The molecule has 0 aliphatic carbocycles. The fourth-order valence-corrected chi connectivity index (χ4v) is 2.23. The maximum absolute atomic E-state index is 12.6. The zero-order valence-corrected chi connectivity index (χ0v) is 12.4. The van der Waals surface area contributed by atoms with E-state index in [0.717, 1.165) is 0 Å². The summed E-state index contributed by atoms with van der Waals surface area (Å²) in [5.41, 5.74) is -1.13. The van der Waals surface area contributed by atoms with Gasteiger partial charge in [-0.1, -0.05) is 30.3 Å². The van der Waals surface area contributed by atoms with E-state index in [9.17, 15) is 14.0 Å². The second-order valence-corrected chi connectivity index (χ2v) is 4.50. The van der Waals surface area contributed by atoms with Gasteiger partial charge in [0.05, 0.1) is 19.9 Å². The molecule has 4 nitrogen and oxygen atoms in total. The lowest BCUT2D eigenvalue weighted by Crippen LogP contribution is -2.46. The van der Waals surface area contributed by atoms with Gasteiger partial charge >= 0.3 is 11.9 Å². The van der Waals surface area contributed by atoms with Gasteiger partial charge < -0.3 is 9.47 Å². The van der Waals surface area contributed by atoms with Gasteiger partial charge in [-0.05, 0) is 32.3 Å². The number of carbonyl (C=O) groups is 2. The third-order valence-corrected chi connectivity index (χ3v) is 3.20. The minimum atomic E-state index is -1.60. The summed E-state index contributed by atoms with van der Waals surface area (Å²) in [6, 6.07) is 8.54. The SMILES string of the molecule is CCOC(=O)C(CCCF)(C(=O)OCC)c1ccccc1. The monoisotopic (exact) mass is 296 g/mol. The summed E-state index contributed by atoms with van der Waals surface area (Å²) in [4.78, 5) is 24.9. The van der Waals surface area contributed by atoms with E-state index in [2.05, 4.69) is 0 Å². The summed E-state index contributed by atoms with van der Waals surface area (Å²) in [7, 11) is 0. The van der Waals surface area contributed by atoms with Crippen molar-refractivity contribution in [2.75, 3.05) is 19.9 Å². The lowest BCUT2D eigenvalue weighted by atomic mass is 9.76. The van der Waals surface area contributed by atoms with Crippen molar-refractivity contribution >= 4 is 11.9 Å². The molecule has 1 aromatic rings. The average molecular weight is 296 g/mol. The molecule has 0 heterocycles. The van der Waals surface area contributed by atoms with Gasteiger partial charge in [-0.15, -0.1) is 0 Å². The highest BCUT2D eigenvalue weighted by Gasteiger charge is 2.49. The van der Waals surface area contributed by atoms with Crippen molar-refractivity contribution in [2.24, 2.45) is 0 Å². The molecule has 0 spiro atoms. The normalized spacial score (nSPS) is 11.0. The smallest absolute Gasteiger partial charge is 0.328 e. The molecule has 0 atom stereocenters. The molecule has 0 radical (unpaired) electrons. The number of rotatable bonds is 8. The van der Waals surface area contributed by atoms with Crippen LogP contribution in [-0.2, 0) is 24.5 Å². The molecular formula is C16H21FO4. The molecule has 0 aliphatic rings. The van der Waals surface area contributed by atoms with E-state index in [1.54, 1.807) is 44.2 Å². The van der Waals surface area contributed by atoms with Crippen LogP contribution in [0.4, 0.5) is 4.39 Å². The van der Waals surface area contributed by atoms with E-state index in [-0.39, 0.29) is 26.1 Å². The highest BCUT2D eigenvalue weighted by atomic mass is 19.1. The number of carbonyl (C=O) groups excluding carboxylic acids is 2. The van der Waals surface area contributed by atoms with Crippen molar-refractivity contribution in [3.05, 3.63) is 35.9 Å². The van der Waals surface area contributed by atoms with E-state index in [0.29, 0.717) is 5.56 Å². The lowest BCUT2D eigenvalue weighted by Gasteiger charge is -2.29. The van der Waals surface area contributed by atoms with Crippen LogP contribution in [0.15, 0.2) is 30.3 Å². The largest absolute Gasteiger partial charge is 0.465 e. The molecule has 5 heteroatoms. The Kier molecular flexibility index (Phi) is 6.85. The first-order valence-corrected chi connectivity index (χ1v) is 7.09. The van der Waals surface area contributed by atoms with E-state index in [1.165, 1.54) is 0 Å². The van der Waals surface area contributed by atoms with Gasteiger partial charge in [-0.3, -0.25) is 14.0 Å². The first-order valence-electron chi connectivity index (χ1n) is 7.09. The molecule has 0 aliphatic heterocycles. The number of ether oxygens (including phenoxy) is 2. The average Bonchev–Trinajstić information content (AvgIpc) is 2.50. The molecular weight excluding hydrogens is 275 g/mol. The summed E-state index contributed by atoms with van der Waals surface area (Å²) in [5.74, 6) is -1.38. The van der Waals surface area contributed by atoms with Crippen LogP contribution in [0.25, 0.3) is 0 Å². The molecule has 1 rings (SSSR count). The number of halogens is 1. The van der Waals surface area contributed by atoms with Crippen LogP contribution in [0.2, 0.25) is 0 Å². The van der Waals surface area contributed by atoms with Crippen LogP contribution in [0.5, 0.6) is 0 Å². The number of benzene rings is 1. The second-order valence-electron chi connectivity index (χ2n) is 4.50. The lowest BCUT2D eigenvalue weighted by molar-refractivity contribution is -0.165. The fraction of sp³-hybridized carbons (Fsp3) is 0.500. The Morgan fingerprint density at radius 2 is 1.57 bits per heavy atom. The Balaban J connectivity index is 3.32. The van der Waals surface area contributed by atoms with Crippen LogP contribution >= 0.6 is 0 Å². The Hall–Kier alpha value is -1.91. The van der Waals surface area contributed by atoms with E-state index in [4.69, 9.17) is 9.47 Å². The Labute approximate surface area is 124 Å². The predicted octanol–water partition coefficient (Wildman–Crippen LogP) is 2.80. The maximum atomic E-state index is 12.6. The molecule has 116 valence electrons. The molecule has 0 N–H and O–H groups in total. The summed E-state index contributed by atoms with van der Waals surface area (Å²) in [5, 5.41) is 0. The number of alkyl halides is 1. The van der Waals surface area contributed by atoms with Crippen LogP contribution in [0, 0.1) is 0 Å². The first-order chi connectivity index (χ1) is 10.1. The summed E-state index contributed by atoms with van der Waals surface area (Å²) in [6.07, 6.45) is 0.0949. The number of esters is 2. The highest BCUT2D eigenvalue weighted by molar-refractivity contribution is 6.06. The highest BCUT2D eigenvalue weighted by Crippen LogP contribution is 2.33. The molecule has 0 unspecified atom stereocenters. The maximum Gasteiger partial charge on any atom is 0.328 e. The van der Waals surface area contributed by atoms with Gasteiger partial charge in [0, 0.05) is 0 Å². The molecule has 0 aromatic heterocycles. The molecule has 0 amide bonds. The standard InChI is InChI=1S/C16H21FO4/c1-3-20-14(18)16(11-8-12-17,15(19)21-4-2)13-9-6-5-7-10-13/h5-7,9-10H,3-4,8,11-12H2,1-2H3.